The van der Waals surface area contributed by atoms with Crippen molar-refractivity contribution < 1.29 is 23.8 Å². The number of ether oxygens (including phenoxy) is 2. The maximum atomic E-state index is 12.9. The summed E-state index contributed by atoms with van der Waals surface area (Å²) in [4.78, 5) is 30.2. The van der Waals surface area contributed by atoms with Gasteiger partial charge in [0.2, 0.25) is 5.56 Å². The minimum Gasteiger partial charge on any atom is -0.506 e. The van der Waals surface area contributed by atoms with Gasteiger partial charge in [-0.1, -0.05) is 87.5 Å². The number of aromatic amines is 1. The number of amides is 1. The van der Waals surface area contributed by atoms with Gasteiger partial charge in [0.25, 0.3) is 0 Å². The average molecular weight is 803 g/mol. The number of phenols is 1. The molecule has 4 N–H and O–H groups in total. The van der Waals surface area contributed by atoms with Crippen LogP contribution in [0.1, 0.15) is 50.8 Å². The van der Waals surface area contributed by atoms with Crippen molar-refractivity contribution in [3.05, 3.63) is 125 Å². The molecule has 2 heterocycles. The molecule has 5 aromatic rings. The molecule has 4 aromatic carbocycles. The number of nitrogens with one attached hydrogen (secondary N) is 3. The molecule has 1 aliphatic carbocycles. The summed E-state index contributed by atoms with van der Waals surface area (Å²) < 4.78 is 19.0. The molecule has 1 aliphatic heterocycles. The number of aromatic nitrogens is 1. The van der Waals surface area contributed by atoms with Crippen LogP contribution >= 0.6 is 0 Å². The average Bonchev–Trinajstić information content (AvgIpc) is 3.75. The van der Waals surface area contributed by atoms with Crippen molar-refractivity contribution in [1.29, 1.82) is 0 Å². The number of rotatable bonds is 15. The molecule has 0 spiro atoms. The zero-order valence-corrected chi connectivity index (χ0v) is 35.4. The lowest BCUT2D eigenvalue weighted by Crippen LogP contribution is -2.43. The number of benzene rings is 4. The van der Waals surface area contributed by atoms with E-state index in [-0.39, 0.29) is 34.6 Å². The number of fused-ring (bicyclic) bond motifs is 2. The van der Waals surface area contributed by atoms with Crippen molar-refractivity contribution in [2.45, 2.75) is 70.4 Å². The van der Waals surface area contributed by atoms with E-state index in [1.54, 1.807) is 12.1 Å². The number of likely N-dealkylation sites (tertiary alicyclic amines) is 1. The summed E-state index contributed by atoms with van der Waals surface area (Å²) in [6.07, 6.45) is 1.94. The van der Waals surface area contributed by atoms with Crippen LogP contribution in [0.3, 0.4) is 0 Å². The summed E-state index contributed by atoms with van der Waals surface area (Å²) in [5.41, 5.74) is 5.12. The number of phenolic OH excluding ortho intramolecular Hbond substituents is 1. The number of hydrogen-bond donors (Lipinski definition) is 4. The van der Waals surface area contributed by atoms with Gasteiger partial charge in [0.15, 0.2) is 8.32 Å². The molecular formula is C47H58N4O6Si. The second-order valence-corrected chi connectivity index (χ2v) is 22.2. The summed E-state index contributed by atoms with van der Waals surface area (Å²) in [6, 6.07) is 33.0. The largest absolute Gasteiger partial charge is 0.506 e. The van der Waals surface area contributed by atoms with Crippen molar-refractivity contribution >= 4 is 31.0 Å². The highest BCUT2D eigenvalue weighted by Crippen LogP contribution is 2.42. The molecule has 2 aliphatic rings. The molecule has 58 heavy (non-hydrogen) atoms. The van der Waals surface area contributed by atoms with Crippen LogP contribution in [0, 0.1) is 11.8 Å². The van der Waals surface area contributed by atoms with Gasteiger partial charge >= 0.3 is 6.09 Å². The van der Waals surface area contributed by atoms with Gasteiger partial charge < -0.3 is 29.3 Å². The Kier molecular flexibility index (Phi) is 12.7. The van der Waals surface area contributed by atoms with Crippen LogP contribution in [0.4, 0.5) is 10.5 Å². The Morgan fingerprint density at radius 1 is 0.914 bits per heavy atom. The minimum absolute atomic E-state index is 0.0151. The van der Waals surface area contributed by atoms with Gasteiger partial charge in [0.1, 0.15) is 24.2 Å². The van der Waals surface area contributed by atoms with Gasteiger partial charge in [0.05, 0.1) is 17.3 Å². The Bertz CT molecular complexity index is 2210. The van der Waals surface area contributed by atoms with Crippen molar-refractivity contribution in [3.8, 4) is 22.6 Å². The number of pyridine rings is 1. The predicted molar refractivity (Wildman–Crippen MR) is 234 cm³/mol. The Balaban J connectivity index is 0.834. The monoisotopic (exact) mass is 802 g/mol. The van der Waals surface area contributed by atoms with E-state index in [4.69, 9.17) is 13.9 Å². The molecule has 1 saturated heterocycles. The molecule has 0 radical (unpaired) electrons. The number of carbonyl (C=O) groups excluding carboxylic acids is 1. The van der Waals surface area contributed by atoms with Crippen LogP contribution < -0.4 is 20.9 Å². The quantitative estimate of drug-likeness (QED) is 0.0611. The van der Waals surface area contributed by atoms with Crippen LogP contribution in [-0.2, 0) is 15.6 Å². The smallest absolute Gasteiger partial charge is 0.411 e. The lowest BCUT2D eigenvalue weighted by atomic mass is 10.0. The summed E-state index contributed by atoms with van der Waals surface area (Å²) >= 11 is 0. The Hall–Kier alpha value is -4.94. The van der Waals surface area contributed by atoms with Crippen molar-refractivity contribution in [3.63, 3.8) is 0 Å². The van der Waals surface area contributed by atoms with Gasteiger partial charge in [-0.05, 0) is 103 Å². The molecular weight excluding hydrogens is 745 g/mol. The van der Waals surface area contributed by atoms with Crippen molar-refractivity contribution in [1.82, 2.24) is 15.2 Å². The molecule has 0 bridgehead atoms. The third-order valence-corrected chi connectivity index (χ3v) is 16.8. The first-order valence-corrected chi connectivity index (χ1v) is 23.5. The number of aromatic hydroxyl groups is 1. The van der Waals surface area contributed by atoms with Crippen molar-refractivity contribution in [2.24, 2.45) is 11.8 Å². The lowest BCUT2D eigenvalue weighted by Gasteiger charge is -2.39. The molecule has 7 rings (SSSR count). The SMILES string of the molecule is CC(C)(C)[Si](C)(C)O[C@@H](CNCCc1ccc(OCCN2C[C@H]3CC(OC(=O)Nc4ccccc4-c4ccccc4)C[C@H]3C2)cc1)c1ccc(O)c2[nH]c(=O)ccc12. The first kappa shape index (κ1) is 41.2. The molecule has 1 unspecified atom stereocenters. The molecule has 1 amide bonds. The Morgan fingerprint density at radius 3 is 2.34 bits per heavy atom. The van der Waals surface area contributed by atoms with E-state index >= 15 is 0 Å². The van der Waals surface area contributed by atoms with E-state index in [2.05, 4.69) is 66.5 Å². The topological polar surface area (TPSA) is 125 Å². The van der Waals surface area contributed by atoms with Gasteiger partial charge in [-0.3, -0.25) is 15.0 Å². The predicted octanol–water partition coefficient (Wildman–Crippen LogP) is 9.13. The number of hydrogen-bond acceptors (Lipinski definition) is 8. The maximum absolute atomic E-state index is 12.9. The van der Waals surface area contributed by atoms with Crippen LogP contribution in [0.25, 0.3) is 22.0 Å². The molecule has 1 aromatic heterocycles. The third kappa shape index (κ3) is 10.0. The summed E-state index contributed by atoms with van der Waals surface area (Å²) in [6.45, 7) is 16.0. The first-order chi connectivity index (χ1) is 27.8. The Labute approximate surface area is 343 Å². The summed E-state index contributed by atoms with van der Waals surface area (Å²) in [5, 5.41) is 17.9. The highest BCUT2D eigenvalue weighted by molar-refractivity contribution is 6.74. The second kappa shape index (κ2) is 17.9. The lowest BCUT2D eigenvalue weighted by molar-refractivity contribution is 0.105. The van der Waals surface area contributed by atoms with Gasteiger partial charge in [0, 0.05) is 43.2 Å². The van der Waals surface area contributed by atoms with Gasteiger partial charge in [-0.15, -0.1) is 0 Å². The van der Waals surface area contributed by atoms with Gasteiger partial charge in [-0.25, -0.2) is 4.79 Å². The van der Waals surface area contributed by atoms with E-state index in [1.807, 2.05) is 72.8 Å². The maximum Gasteiger partial charge on any atom is 0.411 e. The van der Waals surface area contributed by atoms with Gasteiger partial charge in [-0.2, -0.15) is 0 Å². The molecule has 11 heteroatoms. The van der Waals surface area contributed by atoms with Crippen LogP contribution in [0.5, 0.6) is 11.5 Å². The first-order valence-electron chi connectivity index (χ1n) is 20.6. The van der Waals surface area contributed by atoms with E-state index < -0.39 is 8.32 Å². The Morgan fingerprint density at radius 2 is 1.62 bits per heavy atom. The van der Waals surface area contributed by atoms with Crippen LogP contribution in [0.15, 0.2) is 108 Å². The fourth-order valence-corrected chi connectivity index (χ4v) is 9.45. The van der Waals surface area contributed by atoms with E-state index in [9.17, 15) is 14.7 Å². The standard InChI is InChI=1S/C47H58N4O6Si/c1-47(2,3)58(4,5)57-43(39-19-21-42(52)45-40(39)20-22-44(53)50-45)29-48-24-23-32-15-17-36(18-16-32)55-26-25-51-30-34-27-37(28-35(34)31-51)56-46(54)49-41-14-10-9-13-38(41)33-11-7-6-8-12-33/h6-22,34-35,37,43,48,52H,23-31H2,1-5H3,(H,49,54)(H,50,53)/t34-,35+,37?,43-/m0/s1. The fourth-order valence-electron chi connectivity index (χ4n) is 8.17. The van der Waals surface area contributed by atoms with Crippen LogP contribution in [-0.4, -0.2) is 74.8 Å². The normalized spacial score (nSPS) is 18.9. The third-order valence-electron chi connectivity index (χ3n) is 12.3. The second-order valence-electron chi connectivity index (χ2n) is 17.4. The van der Waals surface area contributed by atoms with Crippen LogP contribution in [0.2, 0.25) is 18.1 Å². The fraction of sp³-hybridized carbons (Fsp3) is 0.404. The molecule has 1 saturated carbocycles. The number of para-hydroxylation sites is 1. The number of carbonyl (C=O) groups is 1. The highest BCUT2D eigenvalue weighted by atomic mass is 28.4. The van der Waals surface area contributed by atoms with E-state index in [0.717, 1.165) is 79.0 Å². The number of H-pyrrole nitrogens is 1. The van der Waals surface area contributed by atoms with Crippen molar-refractivity contribution in [2.75, 3.05) is 44.6 Å². The zero-order chi connectivity index (χ0) is 40.9. The molecule has 306 valence electrons. The molecule has 4 atom stereocenters. The summed E-state index contributed by atoms with van der Waals surface area (Å²) in [5.74, 6) is 1.97. The minimum atomic E-state index is -2.16. The number of nitrogens with zero attached hydrogens (tertiary/aromatic N) is 1. The molecule has 10 nitrogen and oxygen atoms in total. The number of anilines is 1. The zero-order valence-electron chi connectivity index (χ0n) is 34.4. The van der Waals surface area contributed by atoms with E-state index in [0.29, 0.717) is 30.5 Å². The molecule has 2 fully saturated rings. The summed E-state index contributed by atoms with van der Waals surface area (Å²) in [7, 11) is -2.16. The highest BCUT2D eigenvalue weighted by Gasteiger charge is 2.42. The van der Waals surface area contributed by atoms with E-state index in [1.165, 1.54) is 11.6 Å².